The lowest BCUT2D eigenvalue weighted by Gasteiger charge is -2.30. The third-order valence-corrected chi connectivity index (χ3v) is 6.15. The van der Waals surface area contributed by atoms with Gasteiger partial charge in [-0.25, -0.2) is 0 Å². The average molecular weight is 328 g/mol. The van der Waals surface area contributed by atoms with Gasteiger partial charge >= 0.3 is 0 Å². The number of rotatable bonds is 5. The van der Waals surface area contributed by atoms with Gasteiger partial charge in [0.05, 0.1) is 6.10 Å². The number of carbonyl (C=O) groups is 1. The Bertz CT molecular complexity index is 591. The number of benzene rings is 1. The first-order valence-corrected chi connectivity index (χ1v) is 9.47. The normalized spacial score (nSPS) is 30.1. The van der Waals surface area contributed by atoms with E-state index >= 15 is 0 Å². The standard InChI is InChI=1S/C20H28N2O2/c23-16(11-21-20(24)19-17-7-3-4-8-18(17)19)13-22-10-9-14-5-1-2-6-15(14)12-22/h1-2,5-6,16-19,23H,3-4,7-13H2,(H,21,24). The van der Waals surface area contributed by atoms with Crippen molar-refractivity contribution in [1.82, 2.24) is 10.2 Å². The minimum absolute atomic E-state index is 0.176. The van der Waals surface area contributed by atoms with E-state index in [0.717, 1.165) is 19.5 Å². The molecule has 4 heteroatoms. The van der Waals surface area contributed by atoms with Crippen LogP contribution in [0.25, 0.3) is 0 Å². The predicted molar refractivity (Wildman–Crippen MR) is 93.4 cm³/mol. The number of aliphatic hydroxyl groups excluding tert-OH is 1. The van der Waals surface area contributed by atoms with Gasteiger partial charge in [0, 0.05) is 32.1 Å². The lowest BCUT2D eigenvalue weighted by Crippen LogP contribution is -2.42. The summed E-state index contributed by atoms with van der Waals surface area (Å²) in [5.41, 5.74) is 2.79. The van der Waals surface area contributed by atoms with Crippen LogP contribution in [0.2, 0.25) is 0 Å². The fourth-order valence-corrected chi connectivity index (χ4v) is 4.79. The van der Waals surface area contributed by atoms with Crippen molar-refractivity contribution >= 4 is 5.91 Å². The fraction of sp³-hybridized carbons (Fsp3) is 0.650. The molecule has 0 spiro atoms. The number of fused-ring (bicyclic) bond motifs is 2. The molecule has 3 atom stereocenters. The maximum absolute atomic E-state index is 12.3. The van der Waals surface area contributed by atoms with Gasteiger partial charge in [0.1, 0.15) is 0 Å². The highest BCUT2D eigenvalue weighted by molar-refractivity contribution is 5.82. The van der Waals surface area contributed by atoms with Crippen molar-refractivity contribution < 1.29 is 9.90 Å². The highest BCUT2D eigenvalue weighted by Crippen LogP contribution is 2.55. The van der Waals surface area contributed by atoms with Gasteiger partial charge in [-0.2, -0.15) is 0 Å². The Hall–Kier alpha value is -1.39. The van der Waals surface area contributed by atoms with E-state index < -0.39 is 6.10 Å². The van der Waals surface area contributed by atoms with E-state index in [4.69, 9.17) is 0 Å². The molecule has 2 fully saturated rings. The van der Waals surface area contributed by atoms with Gasteiger partial charge in [-0.1, -0.05) is 37.1 Å². The molecule has 0 radical (unpaired) electrons. The molecule has 4 rings (SSSR count). The molecule has 130 valence electrons. The first-order chi connectivity index (χ1) is 11.7. The highest BCUT2D eigenvalue weighted by atomic mass is 16.3. The maximum Gasteiger partial charge on any atom is 0.223 e. The molecule has 1 amide bonds. The number of hydrogen-bond donors (Lipinski definition) is 2. The van der Waals surface area contributed by atoms with Gasteiger partial charge in [-0.3, -0.25) is 9.69 Å². The summed E-state index contributed by atoms with van der Waals surface area (Å²) in [5, 5.41) is 13.3. The van der Waals surface area contributed by atoms with Crippen molar-refractivity contribution in [3.63, 3.8) is 0 Å². The molecule has 2 saturated carbocycles. The van der Waals surface area contributed by atoms with E-state index in [-0.39, 0.29) is 11.8 Å². The maximum atomic E-state index is 12.3. The van der Waals surface area contributed by atoms with Crippen LogP contribution in [0.4, 0.5) is 0 Å². The molecule has 3 unspecified atom stereocenters. The molecule has 0 saturated heterocycles. The Morgan fingerprint density at radius 1 is 1.21 bits per heavy atom. The molecule has 2 aliphatic carbocycles. The van der Waals surface area contributed by atoms with Gasteiger partial charge in [0.25, 0.3) is 0 Å². The van der Waals surface area contributed by atoms with Gasteiger partial charge in [-0.05, 0) is 42.2 Å². The lowest BCUT2D eigenvalue weighted by molar-refractivity contribution is -0.123. The Kier molecular flexibility index (Phi) is 4.59. The molecule has 3 aliphatic rings. The Morgan fingerprint density at radius 3 is 2.67 bits per heavy atom. The lowest BCUT2D eigenvalue weighted by atomic mass is 10.00. The summed E-state index contributed by atoms with van der Waals surface area (Å²) in [4.78, 5) is 14.6. The van der Waals surface area contributed by atoms with Crippen molar-refractivity contribution in [1.29, 1.82) is 0 Å². The number of nitrogens with one attached hydrogen (secondary N) is 1. The van der Waals surface area contributed by atoms with Gasteiger partial charge in [-0.15, -0.1) is 0 Å². The monoisotopic (exact) mass is 328 g/mol. The summed E-state index contributed by atoms with van der Waals surface area (Å²) in [6.07, 6.45) is 5.56. The average Bonchev–Trinajstić information content (AvgIpc) is 3.34. The Balaban J connectivity index is 1.21. The van der Waals surface area contributed by atoms with Crippen molar-refractivity contribution in [2.75, 3.05) is 19.6 Å². The summed E-state index contributed by atoms with van der Waals surface area (Å²) in [6, 6.07) is 8.53. The van der Waals surface area contributed by atoms with E-state index in [1.165, 1.54) is 36.8 Å². The topological polar surface area (TPSA) is 52.6 Å². The van der Waals surface area contributed by atoms with Crippen molar-refractivity contribution in [3.05, 3.63) is 35.4 Å². The second-order valence-electron chi connectivity index (χ2n) is 7.79. The summed E-state index contributed by atoms with van der Waals surface area (Å²) >= 11 is 0. The summed E-state index contributed by atoms with van der Waals surface area (Å²) in [7, 11) is 0. The molecule has 0 bridgehead atoms. The van der Waals surface area contributed by atoms with Crippen LogP contribution in [-0.2, 0) is 17.8 Å². The minimum atomic E-state index is -0.486. The zero-order valence-corrected chi connectivity index (χ0v) is 14.3. The third kappa shape index (κ3) is 3.35. The number of aliphatic hydroxyl groups is 1. The number of nitrogens with zero attached hydrogens (tertiary/aromatic N) is 1. The van der Waals surface area contributed by atoms with Crippen LogP contribution in [0.1, 0.15) is 36.8 Å². The number of β-amino-alcohol motifs (C(OH)–C–C–N with tert-alkyl or cyclic N) is 1. The SMILES string of the molecule is O=C(NCC(O)CN1CCc2ccccc2C1)C1C2CCCCC21. The van der Waals surface area contributed by atoms with Gasteiger partial charge in [0.15, 0.2) is 0 Å². The molecule has 1 aliphatic heterocycles. The van der Waals surface area contributed by atoms with Crippen molar-refractivity contribution in [2.45, 2.75) is 44.8 Å². The summed E-state index contributed by atoms with van der Waals surface area (Å²) in [5.74, 6) is 1.68. The Morgan fingerprint density at radius 2 is 1.92 bits per heavy atom. The summed E-state index contributed by atoms with van der Waals surface area (Å²) < 4.78 is 0. The zero-order valence-electron chi connectivity index (χ0n) is 14.3. The van der Waals surface area contributed by atoms with Crippen LogP contribution in [0.15, 0.2) is 24.3 Å². The van der Waals surface area contributed by atoms with Crippen LogP contribution in [0.5, 0.6) is 0 Å². The van der Waals surface area contributed by atoms with Gasteiger partial charge in [0.2, 0.25) is 5.91 Å². The van der Waals surface area contributed by atoms with E-state index in [1.807, 2.05) is 0 Å². The second kappa shape index (κ2) is 6.85. The first-order valence-electron chi connectivity index (χ1n) is 9.47. The van der Waals surface area contributed by atoms with Crippen LogP contribution >= 0.6 is 0 Å². The largest absolute Gasteiger partial charge is 0.390 e. The number of carbonyl (C=O) groups excluding carboxylic acids is 1. The molecule has 4 nitrogen and oxygen atoms in total. The molecule has 2 N–H and O–H groups in total. The van der Waals surface area contributed by atoms with Crippen LogP contribution in [-0.4, -0.2) is 41.7 Å². The minimum Gasteiger partial charge on any atom is -0.390 e. The summed E-state index contributed by atoms with van der Waals surface area (Å²) in [6.45, 7) is 2.89. The molecule has 1 aromatic rings. The first kappa shape index (κ1) is 16.1. The van der Waals surface area contributed by atoms with Crippen LogP contribution in [0, 0.1) is 17.8 Å². The zero-order chi connectivity index (χ0) is 16.5. The fourth-order valence-electron chi connectivity index (χ4n) is 4.79. The van der Waals surface area contributed by atoms with Gasteiger partial charge < -0.3 is 10.4 Å². The number of amides is 1. The molecule has 1 heterocycles. The van der Waals surface area contributed by atoms with E-state index in [2.05, 4.69) is 34.5 Å². The van der Waals surface area contributed by atoms with Crippen LogP contribution < -0.4 is 5.32 Å². The molecule has 1 aromatic carbocycles. The second-order valence-corrected chi connectivity index (χ2v) is 7.79. The highest BCUT2D eigenvalue weighted by Gasteiger charge is 2.54. The quantitative estimate of drug-likeness (QED) is 0.869. The van der Waals surface area contributed by atoms with Crippen molar-refractivity contribution in [2.24, 2.45) is 17.8 Å². The molecular weight excluding hydrogens is 300 g/mol. The van der Waals surface area contributed by atoms with Crippen LogP contribution in [0.3, 0.4) is 0 Å². The molecule has 24 heavy (non-hydrogen) atoms. The predicted octanol–water partition coefficient (Wildman–Crippen LogP) is 1.96. The Labute approximate surface area is 144 Å². The van der Waals surface area contributed by atoms with E-state index in [1.54, 1.807) is 0 Å². The molecular formula is C20H28N2O2. The van der Waals surface area contributed by atoms with E-state index in [0.29, 0.717) is 24.9 Å². The van der Waals surface area contributed by atoms with E-state index in [9.17, 15) is 9.90 Å². The van der Waals surface area contributed by atoms with Crippen molar-refractivity contribution in [3.8, 4) is 0 Å². The smallest absolute Gasteiger partial charge is 0.223 e. The number of hydrogen-bond acceptors (Lipinski definition) is 3. The third-order valence-electron chi connectivity index (χ3n) is 6.15. The molecule has 0 aromatic heterocycles.